The number of benzene rings is 1. The van der Waals surface area contributed by atoms with Gasteiger partial charge in [-0.3, -0.25) is 4.79 Å². The normalized spacial score (nSPS) is 12.5. The minimum absolute atomic E-state index is 0.0461. The third kappa shape index (κ3) is 3.15. The first kappa shape index (κ1) is 12.9. The van der Waals surface area contributed by atoms with Gasteiger partial charge in [-0.2, -0.15) is 0 Å². The summed E-state index contributed by atoms with van der Waals surface area (Å²) in [5.41, 5.74) is 2.91. The number of hydrogen-bond acceptors (Lipinski definition) is 3. The van der Waals surface area contributed by atoms with Gasteiger partial charge in [-0.1, -0.05) is 23.8 Å². The molecule has 0 saturated heterocycles. The van der Waals surface area contributed by atoms with E-state index in [4.69, 9.17) is 5.11 Å². The zero-order chi connectivity index (χ0) is 12.1. The molecule has 0 aromatic heterocycles. The number of ketones is 1. The van der Waals surface area contributed by atoms with E-state index >= 15 is 0 Å². The lowest BCUT2D eigenvalue weighted by atomic mass is 9.98. The van der Waals surface area contributed by atoms with E-state index in [1.165, 1.54) is 0 Å². The molecule has 0 amide bonds. The number of Topliss-reactive ketones (excluding diaryl/α,β-unsaturated/α-hetero) is 1. The molecule has 3 heteroatoms. The van der Waals surface area contributed by atoms with E-state index in [1.54, 1.807) is 0 Å². The van der Waals surface area contributed by atoms with Crippen LogP contribution in [-0.4, -0.2) is 30.1 Å². The van der Waals surface area contributed by atoms with Crippen molar-refractivity contribution < 1.29 is 9.90 Å². The van der Waals surface area contributed by atoms with Crippen molar-refractivity contribution >= 4 is 5.78 Å². The summed E-state index contributed by atoms with van der Waals surface area (Å²) in [6.45, 7) is 6.26. The Morgan fingerprint density at radius 3 is 2.69 bits per heavy atom. The van der Waals surface area contributed by atoms with Gasteiger partial charge < -0.3 is 10.4 Å². The summed E-state index contributed by atoms with van der Waals surface area (Å²) in [6, 6.07) is 5.56. The number of carbonyl (C=O) groups excluding carboxylic acids is 1. The van der Waals surface area contributed by atoms with Crippen LogP contribution in [0.15, 0.2) is 18.2 Å². The fraction of sp³-hybridized carbons (Fsp3) is 0.462. The second-order valence-electron chi connectivity index (χ2n) is 4.08. The zero-order valence-corrected chi connectivity index (χ0v) is 10.1. The Morgan fingerprint density at radius 1 is 1.44 bits per heavy atom. The van der Waals surface area contributed by atoms with Crippen LogP contribution in [0.4, 0.5) is 0 Å². The molecule has 1 aromatic rings. The average Bonchev–Trinajstić information content (AvgIpc) is 2.25. The van der Waals surface area contributed by atoms with E-state index in [0.29, 0.717) is 6.54 Å². The molecule has 0 fully saturated rings. The molecule has 0 bridgehead atoms. The summed E-state index contributed by atoms with van der Waals surface area (Å²) in [6.07, 6.45) is 0. The summed E-state index contributed by atoms with van der Waals surface area (Å²) in [7, 11) is 0. The molecule has 1 rings (SSSR count). The van der Waals surface area contributed by atoms with Crippen LogP contribution < -0.4 is 5.32 Å². The maximum Gasteiger partial charge on any atom is 0.179 e. The van der Waals surface area contributed by atoms with E-state index < -0.39 is 0 Å². The maximum atomic E-state index is 12.0. The summed E-state index contributed by atoms with van der Waals surface area (Å²) in [5, 5.41) is 11.7. The van der Waals surface area contributed by atoms with Gasteiger partial charge in [-0.05, 0) is 26.3 Å². The predicted octanol–water partition coefficient (Wildman–Crippen LogP) is 1.46. The molecule has 1 unspecified atom stereocenters. The standard InChI is InChI=1S/C13H19NO2/c1-9-4-5-12(10(2)8-9)13(16)11(3)14-6-7-15/h4-5,8,11,14-15H,6-7H2,1-3H3. The number of carbonyl (C=O) groups is 1. The highest BCUT2D eigenvalue weighted by Crippen LogP contribution is 2.12. The summed E-state index contributed by atoms with van der Waals surface area (Å²) < 4.78 is 0. The Labute approximate surface area is 96.5 Å². The molecule has 0 radical (unpaired) electrons. The number of nitrogens with one attached hydrogen (secondary N) is 1. The van der Waals surface area contributed by atoms with Gasteiger partial charge in [0.25, 0.3) is 0 Å². The quantitative estimate of drug-likeness (QED) is 0.740. The monoisotopic (exact) mass is 221 g/mol. The van der Waals surface area contributed by atoms with Gasteiger partial charge in [-0.15, -0.1) is 0 Å². The predicted molar refractivity (Wildman–Crippen MR) is 64.8 cm³/mol. The van der Waals surface area contributed by atoms with Crippen molar-refractivity contribution in [3.05, 3.63) is 34.9 Å². The Kier molecular flexibility index (Phi) is 4.65. The van der Waals surface area contributed by atoms with Crippen molar-refractivity contribution in [2.24, 2.45) is 0 Å². The van der Waals surface area contributed by atoms with E-state index in [0.717, 1.165) is 16.7 Å². The lowest BCUT2D eigenvalue weighted by Gasteiger charge is -2.13. The smallest absolute Gasteiger partial charge is 0.179 e. The molecule has 2 N–H and O–H groups in total. The van der Waals surface area contributed by atoms with Gasteiger partial charge in [0, 0.05) is 12.1 Å². The summed E-state index contributed by atoms with van der Waals surface area (Å²) in [4.78, 5) is 12.0. The third-order valence-electron chi connectivity index (χ3n) is 2.60. The maximum absolute atomic E-state index is 12.0. The molecule has 0 aliphatic rings. The van der Waals surface area contributed by atoms with Gasteiger partial charge in [0.05, 0.1) is 12.6 Å². The molecular weight excluding hydrogens is 202 g/mol. The van der Waals surface area contributed by atoms with Crippen molar-refractivity contribution in [1.82, 2.24) is 5.32 Å². The van der Waals surface area contributed by atoms with Crippen molar-refractivity contribution in [3.63, 3.8) is 0 Å². The second-order valence-corrected chi connectivity index (χ2v) is 4.08. The number of aryl methyl sites for hydroxylation is 2. The van der Waals surface area contributed by atoms with E-state index in [1.807, 2.05) is 39.0 Å². The highest BCUT2D eigenvalue weighted by Gasteiger charge is 2.15. The molecule has 16 heavy (non-hydrogen) atoms. The number of hydrogen-bond donors (Lipinski definition) is 2. The minimum atomic E-state index is -0.256. The van der Waals surface area contributed by atoms with Crippen molar-refractivity contribution in [2.75, 3.05) is 13.2 Å². The first-order chi connectivity index (χ1) is 7.56. The number of aliphatic hydroxyl groups excluding tert-OH is 1. The summed E-state index contributed by atoms with van der Waals surface area (Å²) >= 11 is 0. The van der Waals surface area contributed by atoms with E-state index in [-0.39, 0.29) is 18.4 Å². The fourth-order valence-corrected chi connectivity index (χ4v) is 1.70. The Hall–Kier alpha value is -1.19. The molecule has 88 valence electrons. The highest BCUT2D eigenvalue weighted by molar-refractivity contribution is 6.01. The lowest BCUT2D eigenvalue weighted by Crippen LogP contribution is -2.36. The van der Waals surface area contributed by atoms with Crippen LogP contribution in [0.25, 0.3) is 0 Å². The molecule has 1 atom stereocenters. The first-order valence-corrected chi connectivity index (χ1v) is 5.52. The Balaban J connectivity index is 2.79. The molecule has 3 nitrogen and oxygen atoms in total. The van der Waals surface area contributed by atoms with Crippen LogP contribution in [0.3, 0.4) is 0 Å². The lowest BCUT2D eigenvalue weighted by molar-refractivity contribution is 0.0948. The first-order valence-electron chi connectivity index (χ1n) is 5.52. The van der Waals surface area contributed by atoms with Crippen LogP contribution >= 0.6 is 0 Å². The SMILES string of the molecule is Cc1ccc(C(=O)C(C)NCCO)c(C)c1. The molecule has 0 saturated carbocycles. The number of aliphatic hydroxyl groups is 1. The third-order valence-corrected chi connectivity index (χ3v) is 2.60. The van der Waals surface area contributed by atoms with Crippen LogP contribution in [0.1, 0.15) is 28.4 Å². The number of rotatable bonds is 5. The summed E-state index contributed by atoms with van der Waals surface area (Å²) in [5.74, 6) is 0.0750. The average molecular weight is 221 g/mol. The molecule has 0 spiro atoms. The van der Waals surface area contributed by atoms with E-state index in [2.05, 4.69) is 5.32 Å². The molecular formula is C13H19NO2. The van der Waals surface area contributed by atoms with Crippen molar-refractivity contribution in [3.8, 4) is 0 Å². The molecule has 0 aliphatic heterocycles. The zero-order valence-electron chi connectivity index (χ0n) is 10.1. The van der Waals surface area contributed by atoms with Crippen LogP contribution in [0.2, 0.25) is 0 Å². The van der Waals surface area contributed by atoms with Crippen LogP contribution in [0.5, 0.6) is 0 Å². The Morgan fingerprint density at radius 2 is 2.12 bits per heavy atom. The molecule has 1 aromatic carbocycles. The van der Waals surface area contributed by atoms with Gasteiger partial charge in [0.2, 0.25) is 0 Å². The largest absolute Gasteiger partial charge is 0.395 e. The van der Waals surface area contributed by atoms with Gasteiger partial charge in [0.15, 0.2) is 5.78 Å². The fourth-order valence-electron chi connectivity index (χ4n) is 1.70. The van der Waals surface area contributed by atoms with E-state index in [9.17, 15) is 4.79 Å². The van der Waals surface area contributed by atoms with Crippen LogP contribution in [0, 0.1) is 13.8 Å². The second kappa shape index (κ2) is 5.77. The van der Waals surface area contributed by atoms with Gasteiger partial charge >= 0.3 is 0 Å². The van der Waals surface area contributed by atoms with Gasteiger partial charge in [-0.25, -0.2) is 0 Å². The van der Waals surface area contributed by atoms with Crippen molar-refractivity contribution in [1.29, 1.82) is 0 Å². The van der Waals surface area contributed by atoms with Crippen molar-refractivity contribution in [2.45, 2.75) is 26.8 Å². The topological polar surface area (TPSA) is 49.3 Å². The molecule has 0 aliphatic carbocycles. The van der Waals surface area contributed by atoms with Gasteiger partial charge in [0.1, 0.15) is 0 Å². The molecule has 0 heterocycles. The highest BCUT2D eigenvalue weighted by atomic mass is 16.3. The minimum Gasteiger partial charge on any atom is -0.395 e. The Bertz CT molecular complexity index is 374. The van der Waals surface area contributed by atoms with Crippen LogP contribution in [-0.2, 0) is 0 Å².